The van der Waals surface area contributed by atoms with Crippen LogP contribution in [0, 0.1) is 6.92 Å². The molecule has 0 aliphatic rings. The van der Waals surface area contributed by atoms with Crippen molar-refractivity contribution in [2.45, 2.75) is 39.2 Å². The summed E-state index contributed by atoms with van der Waals surface area (Å²) in [6, 6.07) is 6.43. The lowest BCUT2D eigenvalue weighted by atomic mass is 10.0. The molecule has 2 rings (SSSR count). The maximum absolute atomic E-state index is 5.98. The van der Waals surface area contributed by atoms with Crippen LogP contribution < -0.4 is 5.73 Å². The van der Waals surface area contributed by atoms with Crippen molar-refractivity contribution in [3.05, 3.63) is 28.8 Å². The van der Waals surface area contributed by atoms with Crippen molar-refractivity contribution >= 4 is 21.6 Å². The Bertz CT molecular complexity index is 494. The van der Waals surface area contributed by atoms with Gasteiger partial charge in [-0.25, -0.2) is 4.98 Å². The summed E-state index contributed by atoms with van der Waals surface area (Å²) in [6.07, 6.45) is 1.95. The molecular formula is C13H18N2S. The van der Waals surface area contributed by atoms with E-state index in [1.54, 1.807) is 11.3 Å². The Labute approximate surface area is 101 Å². The van der Waals surface area contributed by atoms with Crippen LogP contribution in [0.15, 0.2) is 18.2 Å². The number of fused-ring (bicyclic) bond motifs is 1. The third-order valence-corrected chi connectivity index (χ3v) is 3.67. The molecule has 0 bridgehead atoms. The van der Waals surface area contributed by atoms with E-state index in [1.807, 2.05) is 0 Å². The van der Waals surface area contributed by atoms with E-state index >= 15 is 0 Å². The highest BCUT2D eigenvalue weighted by atomic mass is 32.1. The summed E-state index contributed by atoms with van der Waals surface area (Å²) >= 11 is 1.78. The second-order valence-corrected chi connectivity index (χ2v) is 6.18. The fraction of sp³-hybridized carbons (Fsp3) is 0.462. The van der Waals surface area contributed by atoms with Crippen molar-refractivity contribution in [1.29, 1.82) is 0 Å². The number of nitrogens with two attached hydrogens (primary N) is 1. The van der Waals surface area contributed by atoms with E-state index in [-0.39, 0.29) is 5.54 Å². The Morgan fingerprint density at radius 1 is 1.38 bits per heavy atom. The number of nitrogens with zero attached hydrogens (tertiary/aromatic N) is 1. The van der Waals surface area contributed by atoms with Gasteiger partial charge < -0.3 is 5.73 Å². The topological polar surface area (TPSA) is 38.9 Å². The van der Waals surface area contributed by atoms with Crippen LogP contribution in [0.1, 0.15) is 30.8 Å². The zero-order chi connectivity index (χ0) is 11.8. The molecule has 0 aliphatic carbocycles. The summed E-state index contributed by atoms with van der Waals surface area (Å²) in [4.78, 5) is 4.64. The van der Waals surface area contributed by atoms with Crippen molar-refractivity contribution in [1.82, 2.24) is 4.98 Å². The fourth-order valence-corrected chi connectivity index (χ4v) is 2.57. The van der Waals surface area contributed by atoms with Gasteiger partial charge in [0.25, 0.3) is 0 Å². The molecule has 0 unspecified atom stereocenters. The number of benzene rings is 1. The minimum atomic E-state index is -0.103. The predicted molar refractivity (Wildman–Crippen MR) is 70.9 cm³/mol. The summed E-state index contributed by atoms with van der Waals surface area (Å²) in [5, 5.41) is 1.19. The summed E-state index contributed by atoms with van der Waals surface area (Å²) in [5.41, 5.74) is 8.26. The molecule has 1 heterocycles. The number of hydrogen-bond acceptors (Lipinski definition) is 3. The minimum Gasteiger partial charge on any atom is -0.326 e. The van der Waals surface area contributed by atoms with E-state index in [1.165, 1.54) is 15.3 Å². The Balaban J connectivity index is 2.20. The minimum absolute atomic E-state index is 0.103. The highest BCUT2D eigenvalue weighted by Gasteiger charge is 2.12. The maximum Gasteiger partial charge on any atom is 0.0939 e. The fourth-order valence-electron chi connectivity index (χ4n) is 1.62. The van der Waals surface area contributed by atoms with E-state index < -0.39 is 0 Å². The van der Waals surface area contributed by atoms with Gasteiger partial charge in [-0.3, -0.25) is 0 Å². The molecular weight excluding hydrogens is 216 g/mol. The van der Waals surface area contributed by atoms with E-state index in [0.29, 0.717) is 0 Å². The average molecular weight is 234 g/mol. The number of aryl methyl sites for hydroxylation is 2. The quantitative estimate of drug-likeness (QED) is 0.885. The third kappa shape index (κ3) is 2.80. The zero-order valence-electron chi connectivity index (χ0n) is 10.1. The predicted octanol–water partition coefficient (Wildman–Crippen LogP) is 3.27. The third-order valence-electron chi connectivity index (χ3n) is 2.57. The highest BCUT2D eigenvalue weighted by molar-refractivity contribution is 7.18. The first-order valence-electron chi connectivity index (χ1n) is 5.59. The molecule has 1 aromatic carbocycles. The van der Waals surface area contributed by atoms with Crippen LogP contribution in [0.3, 0.4) is 0 Å². The van der Waals surface area contributed by atoms with E-state index in [9.17, 15) is 0 Å². The van der Waals surface area contributed by atoms with Gasteiger partial charge in [0.05, 0.1) is 15.2 Å². The normalized spacial score (nSPS) is 12.2. The monoisotopic (exact) mass is 234 g/mol. The smallest absolute Gasteiger partial charge is 0.0939 e. The van der Waals surface area contributed by atoms with Crippen molar-refractivity contribution in [3.8, 4) is 0 Å². The first-order valence-corrected chi connectivity index (χ1v) is 6.41. The van der Waals surface area contributed by atoms with Crippen LogP contribution >= 0.6 is 11.3 Å². The van der Waals surface area contributed by atoms with Gasteiger partial charge in [0.1, 0.15) is 0 Å². The molecule has 2 N–H and O–H groups in total. The lowest BCUT2D eigenvalue weighted by Crippen LogP contribution is -2.32. The number of hydrogen-bond donors (Lipinski definition) is 1. The molecule has 0 aliphatic heterocycles. The molecule has 3 heteroatoms. The van der Waals surface area contributed by atoms with Gasteiger partial charge >= 0.3 is 0 Å². The lowest BCUT2D eigenvalue weighted by molar-refractivity contribution is 0.476. The lowest BCUT2D eigenvalue weighted by Gasteiger charge is -2.16. The van der Waals surface area contributed by atoms with Crippen LogP contribution in [0.25, 0.3) is 10.2 Å². The average Bonchev–Trinajstić information content (AvgIpc) is 2.55. The summed E-state index contributed by atoms with van der Waals surface area (Å²) in [7, 11) is 0. The van der Waals surface area contributed by atoms with Gasteiger partial charge in [-0.05, 0) is 44.9 Å². The molecule has 0 saturated carbocycles. The van der Waals surface area contributed by atoms with E-state index in [2.05, 4.69) is 44.0 Å². The van der Waals surface area contributed by atoms with Crippen molar-refractivity contribution < 1.29 is 0 Å². The standard InChI is InChI=1S/C13H18N2S/c1-9-4-5-11-10(8-9)15-12(16-11)6-7-13(2,3)14/h4-5,8H,6-7,14H2,1-3H3. The molecule has 0 fully saturated rings. The van der Waals surface area contributed by atoms with Gasteiger partial charge in [-0.15, -0.1) is 11.3 Å². The molecule has 2 aromatic rings. The summed E-state index contributed by atoms with van der Waals surface area (Å²) in [5.74, 6) is 0. The van der Waals surface area contributed by atoms with Gasteiger partial charge in [0.2, 0.25) is 0 Å². The molecule has 0 amide bonds. The zero-order valence-corrected chi connectivity index (χ0v) is 10.9. The van der Waals surface area contributed by atoms with Gasteiger partial charge in [0, 0.05) is 12.0 Å². The van der Waals surface area contributed by atoms with Crippen LogP contribution in [-0.2, 0) is 6.42 Å². The maximum atomic E-state index is 5.98. The second-order valence-electron chi connectivity index (χ2n) is 5.07. The first kappa shape index (κ1) is 11.6. The molecule has 0 spiro atoms. The largest absolute Gasteiger partial charge is 0.326 e. The van der Waals surface area contributed by atoms with Gasteiger partial charge in [-0.2, -0.15) is 0 Å². The van der Waals surface area contributed by atoms with Crippen molar-refractivity contribution in [2.75, 3.05) is 0 Å². The Morgan fingerprint density at radius 2 is 2.12 bits per heavy atom. The van der Waals surface area contributed by atoms with Crippen LogP contribution in [-0.4, -0.2) is 10.5 Å². The molecule has 1 aromatic heterocycles. The number of aromatic nitrogens is 1. The number of thiazole rings is 1. The Kier molecular flexibility index (Phi) is 3.00. The summed E-state index contributed by atoms with van der Waals surface area (Å²) < 4.78 is 1.27. The van der Waals surface area contributed by atoms with Crippen molar-refractivity contribution in [3.63, 3.8) is 0 Å². The number of rotatable bonds is 3. The van der Waals surface area contributed by atoms with Crippen LogP contribution in [0.5, 0.6) is 0 Å². The SMILES string of the molecule is Cc1ccc2sc(CCC(C)(C)N)nc2c1. The van der Waals surface area contributed by atoms with Gasteiger partial charge in [-0.1, -0.05) is 6.07 Å². The molecule has 0 radical (unpaired) electrons. The molecule has 2 nitrogen and oxygen atoms in total. The van der Waals surface area contributed by atoms with Gasteiger partial charge in [0.15, 0.2) is 0 Å². The highest BCUT2D eigenvalue weighted by Crippen LogP contribution is 2.24. The molecule has 0 atom stereocenters. The molecule has 86 valence electrons. The van der Waals surface area contributed by atoms with Crippen LogP contribution in [0.2, 0.25) is 0 Å². The second kappa shape index (κ2) is 4.15. The van der Waals surface area contributed by atoms with Crippen LogP contribution in [0.4, 0.5) is 0 Å². The summed E-state index contributed by atoms with van der Waals surface area (Å²) in [6.45, 7) is 6.22. The first-order chi connectivity index (χ1) is 7.44. The Morgan fingerprint density at radius 3 is 2.81 bits per heavy atom. The molecule has 16 heavy (non-hydrogen) atoms. The molecule has 0 saturated heterocycles. The van der Waals surface area contributed by atoms with E-state index in [0.717, 1.165) is 18.4 Å². The van der Waals surface area contributed by atoms with E-state index in [4.69, 9.17) is 5.73 Å². The Hall–Kier alpha value is -0.930. The van der Waals surface area contributed by atoms with Crippen molar-refractivity contribution in [2.24, 2.45) is 5.73 Å².